The second-order valence-electron chi connectivity index (χ2n) is 7.02. The Bertz CT molecular complexity index is 400. The Morgan fingerprint density at radius 3 is 2.50 bits per heavy atom. The first-order chi connectivity index (χ1) is 11.7. The summed E-state index contributed by atoms with van der Waals surface area (Å²) in [6.45, 7) is 2.46. The summed E-state index contributed by atoms with van der Waals surface area (Å²) in [6.07, 6.45) is 11.3. The van der Waals surface area contributed by atoms with Gasteiger partial charge in [-0.05, 0) is 25.2 Å². The zero-order valence-corrected chi connectivity index (χ0v) is 15.4. The van der Waals surface area contributed by atoms with Gasteiger partial charge in [0.15, 0.2) is 5.96 Å². The van der Waals surface area contributed by atoms with Crippen LogP contribution < -0.4 is 10.6 Å². The van der Waals surface area contributed by atoms with Crippen molar-refractivity contribution in [3.05, 3.63) is 0 Å². The predicted octanol–water partition coefficient (Wildman–Crippen LogP) is 2.74. The highest BCUT2D eigenvalue weighted by atomic mass is 16.5. The molecule has 6 nitrogen and oxygen atoms in total. The number of hydrogen-bond donors (Lipinski definition) is 2. The summed E-state index contributed by atoms with van der Waals surface area (Å²) in [4.78, 5) is 17.6. The summed E-state index contributed by atoms with van der Waals surface area (Å²) in [5, 5.41) is 6.90. The van der Waals surface area contributed by atoms with Crippen molar-refractivity contribution in [2.75, 3.05) is 33.8 Å². The fourth-order valence-electron chi connectivity index (χ4n) is 3.79. The van der Waals surface area contributed by atoms with Crippen LogP contribution in [0.15, 0.2) is 4.99 Å². The predicted molar refractivity (Wildman–Crippen MR) is 97.3 cm³/mol. The minimum atomic E-state index is -0.224. The van der Waals surface area contributed by atoms with Crippen molar-refractivity contribution in [2.24, 2.45) is 10.9 Å². The molecule has 1 aliphatic carbocycles. The van der Waals surface area contributed by atoms with Gasteiger partial charge in [0.05, 0.1) is 7.11 Å². The number of hydrogen-bond acceptors (Lipinski definition) is 3. The third-order valence-corrected chi connectivity index (χ3v) is 5.30. The molecular weight excluding hydrogens is 304 g/mol. The van der Waals surface area contributed by atoms with Crippen molar-refractivity contribution in [1.29, 1.82) is 0 Å². The van der Waals surface area contributed by atoms with Gasteiger partial charge in [-0.1, -0.05) is 38.5 Å². The summed E-state index contributed by atoms with van der Waals surface area (Å²) in [7, 11) is 3.25. The van der Waals surface area contributed by atoms with E-state index in [4.69, 9.17) is 4.74 Å². The van der Waals surface area contributed by atoms with E-state index < -0.39 is 0 Å². The van der Waals surface area contributed by atoms with Gasteiger partial charge in [0.2, 0.25) is 0 Å². The van der Waals surface area contributed by atoms with E-state index in [1.54, 1.807) is 4.90 Å². The minimum absolute atomic E-state index is 0.224. The van der Waals surface area contributed by atoms with Gasteiger partial charge in [-0.2, -0.15) is 0 Å². The highest BCUT2D eigenvalue weighted by molar-refractivity contribution is 5.80. The molecule has 1 amide bonds. The van der Waals surface area contributed by atoms with Gasteiger partial charge in [-0.3, -0.25) is 4.99 Å². The fraction of sp³-hybridized carbons (Fsp3) is 0.889. The topological polar surface area (TPSA) is 66.0 Å². The molecule has 0 aromatic heterocycles. The van der Waals surface area contributed by atoms with Crippen LogP contribution in [0.3, 0.4) is 0 Å². The highest BCUT2D eigenvalue weighted by Crippen LogP contribution is 2.28. The second-order valence-corrected chi connectivity index (χ2v) is 7.02. The van der Waals surface area contributed by atoms with Gasteiger partial charge in [-0.15, -0.1) is 0 Å². The van der Waals surface area contributed by atoms with Crippen LogP contribution in [-0.2, 0) is 4.74 Å². The molecule has 0 radical (unpaired) electrons. The maximum absolute atomic E-state index is 11.5. The van der Waals surface area contributed by atoms with E-state index in [9.17, 15) is 4.79 Å². The molecule has 0 spiro atoms. The monoisotopic (exact) mass is 338 g/mol. The van der Waals surface area contributed by atoms with Gasteiger partial charge in [0.25, 0.3) is 0 Å². The van der Waals surface area contributed by atoms with E-state index in [0.29, 0.717) is 6.04 Å². The molecule has 138 valence electrons. The lowest BCUT2D eigenvalue weighted by Crippen LogP contribution is -2.49. The van der Waals surface area contributed by atoms with Crippen LogP contribution in [-0.4, -0.2) is 56.8 Å². The van der Waals surface area contributed by atoms with Crippen LogP contribution in [0.2, 0.25) is 0 Å². The Hall–Kier alpha value is -1.46. The maximum Gasteiger partial charge on any atom is 0.409 e. The van der Waals surface area contributed by atoms with E-state index in [-0.39, 0.29) is 6.09 Å². The number of amides is 1. The first kappa shape index (κ1) is 18.9. The highest BCUT2D eigenvalue weighted by Gasteiger charge is 2.23. The average Bonchev–Trinajstić information content (AvgIpc) is 3.13. The number of carbonyl (C=O) groups excluding carboxylic acids is 1. The molecule has 6 heteroatoms. The number of nitrogens with one attached hydrogen (secondary N) is 2. The van der Waals surface area contributed by atoms with Crippen LogP contribution in [0.25, 0.3) is 0 Å². The number of guanidine groups is 1. The molecular formula is C18H34N4O2. The van der Waals surface area contributed by atoms with Crippen LogP contribution in [0, 0.1) is 5.92 Å². The minimum Gasteiger partial charge on any atom is -0.453 e. The third-order valence-electron chi connectivity index (χ3n) is 5.30. The molecule has 2 N–H and O–H groups in total. The lowest BCUT2D eigenvalue weighted by atomic mass is 10.0. The smallest absolute Gasteiger partial charge is 0.409 e. The first-order valence-electron chi connectivity index (χ1n) is 9.53. The Morgan fingerprint density at radius 1 is 1.17 bits per heavy atom. The Labute approximate surface area is 146 Å². The van der Waals surface area contributed by atoms with Crippen molar-refractivity contribution in [1.82, 2.24) is 15.5 Å². The third kappa shape index (κ3) is 6.21. The summed E-state index contributed by atoms with van der Waals surface area (Å²) in [5.74, 6) is 1.87. The number of rotatable bonds is 6. The SMILES string of the molecule is CN=C(NCCCCC1CCCC1)NC1CCN(C(=O)OC)CC1. The van der Waals surface area contributed by atoms with Crippen molar-refractivity contribution in [2.45, 2.75) is 63.8 Å². The van der Waals surface area contributed by atoms with E-state index in [1.807, 2.05) is 7.05 Å². The Morgan fingerprint density at radius 2 is 1.88 bits per heavy atom. The number of carbonyl (C=O) groups is 1. The molecule has 1 aliphatic heterocycles. The lowest BCUT2D eigenvalue weighted by Gasteiger charge is -2.32. The zero-order chi connectivity index (χ0) is 17.2. The standard InChI is InChI=1S/C18H34N4O2/c1-19-17(20-12-6-5-9-15-7-3-4-8-15)21-16-10-13-22(14-11-16)18(23)24-2/h15-16H,3-14H2,1-2H3,(H2,19,20,21). The van der Waals surface area contributed by atoms with E-state index >= 15 is 0 Å². The molecule has 0 aromatic rings. The molecule has 0 unspecified atom stereocenters. The van der Waals surface area contributed by atoms with Crippen LogP contribution in [0.1, 0.15) is 57.8 Å². The average molecular weight is 338 g/mol. The number of ether oxygens (including phenoxy) is 1. The van der Waals surface area contributed by atoms with E-state index in [1.165, 1.54) is 52.1 Å². The molecule has 0 atom stereocenters. The van der Waals surface area contributed by atoms with Crippen molar-refractivity contribution < 1.29 is 9.53 Å². The lowest BCUT2D eigenvalue weighted by molar-refractivity contribution is 0.111. The van der Waals surface area contributed by atoms with Crippen molar-refractivity contribution in [3.63, 3.8) is 0 Å². The Kier molecular flexibility index (Phi) is 8.19. The van der Waals surface area contributed by atoms with E-state index in [0.717, 1.165) is 44.4 Å². The molecule has 1 saturated carbocycles. The number of unbranched alkanes of at least 4 members (excludes halogenated alkanes) is 1. The summed E-state index contributed by atoms with van der Waals surface area (Å²) in [5.41, 5.74) is 0. The number of piperidine rings is 1. The van der Waals surface area contributed by atoms with Gasteiger partial charge < -0.3 is 20.3 Å². The second kappa shape index (κ2) is 10.4. The van der Waals surface area contributed by atoms with Crippen LogP contribution >= 0.6 is 0 Å². The molecule has 2 rings (SSSR count). The van der Waals surface area contributed by atoms with Gasteiger partial charge in [-0.25, -0.2) is 4.79 Å². The molecule has 1 saturated heterocycles. The van der Waals surface area contributed by atoms with Gasteiger partial charge in [0.1, 0.15) is 0 Å². The van der Waals surface area contributed by atoms with Gasteiger partial charge in [0, 0.05) is 32.7 Å². The molecule has 1 heterocycles. The number of nitrogens with zero attached hydrogens (tertiary/aromatic N) is 2. The summed E-state index contributed by atoms with van der Waals surface area (Å²) >= 11 is 0. The molecule has 0 aromatic carbocycles. The first-order valence-corrected chi connectivity index (χ1v) is 9.53. The van der Waals surface area contributed by atoms with Crippen LogP contribution in [0.5, 0.6) is 0 Å². The Balaban J connectivity index is 1.56. The van der Waals surface area contributed by atoms with E-state index in [2.05, 4.69) is 15.6 Å². The number of methoxy groups -OCH3 is 1. The number of likely N-dealkylation sites (tertiary alicyclic amines) is 1. The molecule has 2 fully saturated rings. The maximum atomic E-state index is 11.5. The quantitative estimate of drug-likeness (QED) is 0.444. The summed E-state index contributed by atoms with van der Waals surface area (Å²) in [6, 6.07) is 0.371. The molecule has 2 aliphatic rings. The van der Waals surface area contributed by atoms with Crippen molar-refractivity contribution in [3.8, 4) is 0 Å². The van der Waals surface area contributed by atoms with Crippen molar-refractivity contribution >= 4 is 12.1 Å². The van der Waals surface area contributed by atoms with Gasteiger partial charge >= 0.3 is 6.09 Å². The zero-order valence-electron chi connectivity index (χ0n) is 15.4. The fourth-order valence-corrected chi connectivity index (χ4v) is 3.79. The number of aliphatic imine (C=N–C) groups is 1. The summed E-state index contributed by atoms with van der Waals surface area (Å²) < 4.78 is 4.77. The largest absolute Gasteiger partial charge is 0.453 e. The molecule has 24 heavy (non-hydrogen) atoms. The molecule has 0 bridgehead atoms. The normalized spacial score (nSPS) is 20.2. The van der Waals surface area contributed by atoms with Crippen LogP contribution in [0.4, 0.5) is 4.79 Å².